The smallest absolute Gasteiger partial charge is 0.389 e. The third-order valence-electron chi connectivity index (χ3n) is 3.62. The fraction of sp³-hybridized carbons (Fsp3) is 0.571. The van der Waals surface area contributed by atoms with Gasteiger partial charge in [0, 0.05) is 25.6 Å². The van der Waals surface area contributed by atoms with Crippen molar-refractivity contribution in [3.8, 4) is 0 Å². The van der Waals surface area contributed by atoms with E-state index in [-0.39, 0.29) is 18.3 Å². The molecule has 1 amide bonds. The fourth-order valence-corrected chi connectivity index (χ4v) is 2.45. The summed E-state index contributed by atoms with van der Waals surface area (Å²) < 4.78 is 36.6. The number of nitrogens with zero attached hydrogens (tertiary/aromatic N) is 3. The molecule has 0 saturated carbocycles. The third-order valence-corrected chi connectivity index (χ3v) is 3.62. The van der Waals surface area contributed by atoms with Crippen LogP contribution in [-0.2, 0) is 4.79 Å². The first-order valence-corrected chi connectivity index (χ1v) is 7.41. The number of carbonyl (C=O) groups is 2. The lowest BCUT2D eigenvalue weighted by Crippen LogP contribution is -2.45. The van der Waals surface area contributed by atoms with Crippen LogP contribution in [0.5, 0.6) is 0 Å². The molecule has 1 fully saturated rings. The maximum atomic E-state index is 12.2. The molecule has 1 saturated heterocycles. The summed E-state index contributed by atoms with van der Waals surface area (Å²) in [4.78, 5) is 31.6. The zero-order chi connectivity index (χ0) is 17.7. The maximum Gasteiger partial charge on any atom is 0.389 e. The molecular weight excluding hydrogens is 329 g/mol. The van der Waals surface area contributed by atoms with E-state index in [0.717, 1.165) is 12.6 Å². The molecule has 2 heterocycles. The van der Waals surface area contributed by atoms with Gasteiger partial charge in [0.15, 0.2) is 5.69 Å². The molecule has 0 bridgehead atoms. The van der Waals surface area contributed by atoms with Gasteiger partial charge >= 0.3 is 12.1 Å². The Bertz CT molecular complexity index is 592. The van der Waals surface area contributed by atoms with Gasteiger partial charge < -0.3 is 15.3 Å². The van der Waals surface area contributed by atoms with E-state index in [9.17, 15) is 22.8 Å². The van der Waals surface area contributed by atoms with E-state index in [2.05, 4.69) is 15.3 Å². The molecule has 0 aliphatic carbocycles. The van der Waals surface area contributed by atoms with Crippen LogP contribution in [0.2, 0.25) is 0 Å². The number of hydrogen-bond donors (Lipinski definition) is 2. The predicted octanol–water partition coefficient (Wildman–Crippen LogP) is 1.92. The summed E-state index contributed by atoms with van der Waals surface area (Å²) in [6, 6.07) is -0.168. The van der Waals surface area contributed by atoms with Gasteiger partial charge in [0.1, 0.15) is 5.82 Å². The van der Waals surface area contributed by atoms with Gasteiger partial charge in [-0.3, -0.25) is 4.79 Å². The van der Waals surface area contributed by atoms with E-state index in [1.165, 1.54) is 11.1 Å². The molecule has 1 aliphatic rings. The summed E-state index contributed by atoms with van der Waals surface area (Å²) in [5.74, 6) is -1.35. The fourth-order valence-electron chi connectivity index (χ4n) is 2.45. The van der Waals surface area contributed by atoms with Crippen molar-refractivity contribution in [2.75, 3.05) is 18.4 Å². The number of amides is 1. The van der Waals surface area contributed by atoms with Crippen molar-refractivity contribution in [2.45, 2.75) is 37.9 Å². The maximum absolute atomic E-state index is 12.2. The monoisotopic (exact) mass is 346 g/mol. The Balaban J connectivity index is 1.88. The second-order valence-corrected chi connectivity index (χ2v) is 5.53. The summed E-state index contributed by atoms with van der Waals surface area (Å²) >= 11 is 0. The van der Waals surface area contributed by atoms with Gasteiger partial charge in [0.25, 0.3) is 0 Å². The van der Waals surface area contributed by atoms with Crippen LogP contribution < -0.4 is 5.32 Å². The number of hydrogen-bond acceptors (Lipinski definition) is 5. The molecule has 1 atom stereocenters. The molecule has 132 valence electrons. The van der Waals surface area contributed by atoms with Gasteiger partial charge in [-0.15, -0.1) is 0 Å². The number of carbonyl (C=O) groups excluding carboxylic acids is 1. The number of rotatable bonds is 5. The lowest BCUT2D eigenvalue weighted by molar-refractivity contribution is -0.149. The van der Waals surface area contributed by atoms with Crippen molar-refractivity contribution >= 4 is 17.7 Å². The molecular formula is C14H17F3N4O3. The molecule has 10 heteroatoms. The summed E-state index contributed by atoms with van der Waals surface area (Å²) in [6.07, 6.45) is -2.24. The predicted molar refractivity (Wildman–Crippen MR) is 77.5 cm³/mol. The van der Waals surface area contributed by atoms with E-state index < -0.39 is 30.9 Å². The van der Waals surface area contributed by atoms with Gasteiger partial charge in [0.2, 0.25) is 5.91 Å². The molecule has 2 rings (SSSR count). The van der Waals surface area contributed by atoms with E-state index in [0.29, 0.717) is 18.8 Å². The van der Waals surface area contributed by atoms with Crippen molar-refractivity contribution in [1.29, 1.82) is 0 Å². The minimum Gasteiger partial charge on any atom is -0.476 e. The SMILES string of the molecule is O=C(O)c1cnc(N[C@@H]2CCCN(C(=O)CCC(F)(F)F)C2)cn1. The highest BCUT2D eigenvalue weighted by Crippen LogP contribution is 2.23. The van der Waals surface area contributed by atoms with E-state index in [4.69, 9.17) is 5.11 Å². The van der Waals surface area contributed by atoms with Crippen LogP contribution in [0.1, 0.15) is 36.2 Å². The number of aromatic nitrogens is 2. The number of carboxylic acids is 1. The third kappa shape index (κ3) is 5.36. The zero-order valence-electron chi connectivity index (χ0n) is 12.7. The second-order valence-electron chi connectivity index (χ2n) is 5.53. The van der Waals surface area contributed by atoms with Gasteiger partial charge in [-0.05, 0) is 12.8 Å². The number of nitrogens with one attached hydrogen (secondary N) is 1. The number of likely N-dealkylation sites (tertiary alicyclic amines) is 1. The highest BCUT2D eigenvalue weighted by Gasteiger charge is 2.30. The van der Waals surface area contributed by atoms with Crippen LogP contribution in [0, 0.1) is 0 Å². The summed E-state index contributed by atoms with van der Waals surface area (Å²) in [6.45, 7) is 0.706. The Labute approximate surface area is 135 Å². The minimum atomic E-state index is -4.34. The first kappa shape index (κ1) is 18.0. The van der Waals surface area contributed by atoms with Crippen LogP contribution in [0.4, 0.5) is 19.0 Å². The highest BCUT2D eigenvalue weighted by molar-refractivity contribution is 5.84. The van der Waals surface area contributed by atoms with Gasteiger partial charge in [-0.1, -0.05) is 0 Å². The average Bonchev–Trinajstić information content (AvgIpc) is 2.52. The summed E-state index contributed by atoms with van der Waals surface area (Å²) in [7, 11) is 0. The van der Waals surface area contributed by atoms with E-state index in [1.807, 2.05) is 0 Å². The van der Waals surface area contributed by atoms with Gasteiger partial charge in [0.05, 0.1) is 18.8 Å². The van der Waals surface area contributed by atoms with Crippen LogP contribution in [0.3, 0.4) is 0 Å². The molecule has 0 aromatic carbocycles. The normalized spacial score (nSPS) is 18.3. The molecule has 7 nitrogen and oxygen atoms in total. The van der Waals surface area contributed by atoms with Gasteiger partial charge in [-0.25, -0.2) is 14.8 Å². The van der Waals surface area contributed by atoms with Crippen molar-refractivity contribution < 1.29 is 27.9 Å². The van der Waals surface area contributed by atoms with Crippen LogP contribution in [-0.4, -0.2) is 57.2 Å². The number of alkyl halides is 3. The Morgan fingerprint density at radius 3 is 2.67 bits per heavy atom. The van der Waals surface area contributed by atoms with Crippen molar-refractivity contribution in [2.24, 2.45) is 0 Å². The molecule has 1 aliphatic heterocycles. The van der Waals surface area contributed by atoms with E-state index in [1.54, 1.807) is 0 Å². The lowest BCUT2D eigenvalue weighted by atomic mass is 10.0. The molecule has 24 heavy (non-hydrogen) atoms. The topological polar surface area (TPSA) is 95.4 Å². The molecule has 0 unspecified atom stereocenters. The number of carboxylic acid groups (broad SMARTS) is 1. The van der Waals surface area contributed by atoms with Crippen LogP contribution in [0.25, 0.3) is 0 Å². The molecule has 2 N–H and O–H groups in total. The van der Waals surface area contributed by atoms with Crippen molar-refractivity contribution in [1.82, 2.24) is 14.9 Å². The first-order chi connectivity index (χ1) is 11.2. The average molecular weight is 346 g/mol. The Kier molecular flexibility index (Phi) is 5.58. The van der Waals surface area contributed by atoms with E-state index >= 15 is 0 Å². The molecule has 1 aromatic heterocycles. The quantitative estimate of drug-likeness (QED) is 0.846. The molecule has 0 radical (unpaired) electrons. The zero-order valence-corrected chi connectivity index (χ0v) is 12.7. The summed E-state index contributed by atoms with van der Waals surface area (Å²) in [5, 5.41) is 11.8. The number of piperidine rings is 1. The largest absolute Gasteiger partial charge is 0.476 e. The van der Waals surface area contributed by atoms with Crippen LogP contribution >= 0.6 is 0 Å². The molecule has 1 aromatic rings. The lowest BCUT2D eigenvalue weighted by Gasteiger charge is -2.33. The van der Waals surface area contributed by atoms with Crippen molar-refractivity contribution in [3.05, 3.63) is 18.1 Å². The Hall–Kier alpha value is -2.39. The Morgan fingerprint density at radius 2 is 2.08 bits per heavy atom. The van der Waals surface area contributed by atoms with Crippen molar-refractivity contribution in [3.63, 3.8) is 0 Å². The standard InChI is InChI=1S/C14H17F3N4O3/c15-14(16,17)4-3-12(22)21-5-1-2-9(8-21)20-11-7-18-10(6-19-11)13(23)24/h6-7,9H,1-5,8H2,(H,19,20)(H,23,24)/t9-/m1/s1. The minimum absolute atomic E-state index is 0.168. The highest BCUT2D eigenvalue weighted by atomic mass is 19.4. The Morgan fingerprint density at radius 1 is 1.33 bits per heavy atom. The second kappa shape index (κ2) is 7.45. The summed E-state index contributed by atoms with van der Waals surface area (Å²) in [5.41, 5.74) is -0.187. The van der Waals surface area contributed by atoms with Gasteiger partial charge in [-0.2, -0.15) is 13.2 Å². The number of anilines is 1. The molecule has 0 spiro atoms. The first-order valence-electron chi connectivity index (χ1n) is 7.41. The number of halogens is 3. The van der Waals surface area contributed by atoms with Crippen LogP contribution in [0.15, 0.2) is 12.4 Å². The number of aromatic carboxylic acids is 1.